The number of aryl methyl sites for hydroxylation is 1. The minimum absolute atomic E-state index is 0.0344. The number of aromatic nitrogens is 5. The van der Waals surface area contributed by atoms with Crippen LogP contribution in [-0.2, 0) is 9.84 Å². The number of nitrogens with zero attached hydrogens (tertiary/aromatic N) is 5. The Labute approximate surface area is 201 Å². The summed E-state index contributed by atoms with van der Waals surface area (Å²) in [5, 5.41) is 8.88. The second kappa shape index (κ2) is 7.82. The topological polar surface area (TPSA) is 128 Å². The summed E-state index contributed by atoms with van der Waals surface area (Å²) >= 11 is 1.59. The molecule has 0 saturated carbocycles. The lowest BCUT2D eigenvalue weighted by Gasteiger charge is -2.30. The molecule has 4 aromatic heterocycles. The summed E-state index contributed by atoms with van der Waals surface area (Å²) < 4.78 is 27.0. The van der Waals surface area contributed by atoms with Crippen LogP contribution in [0.1, 0.15) is 42.2 Å². The third-order valence-electron chi connectivity index (χ3n) is 6.81. The van der Waals surface area contributed by atoms with Gasteiger partial charge in [0.1, 0.15) is 15.7 Å². The molecule has 0 amide bonds. The Bertz CT molecular complexity index is 1500. The van der Waals surface area contributed by atoms with E-state index in [9.17, 15) is 8.42 Å². The first-order chi connectivity index (χ1) is 16.3. The molecule has 6 rings (SSSR count). The molecule has 0 aliphatic carbocycles. The van der Waals surface area contributed by atoms with Crippen molar-refractivity contribution in [2.75, 3.05) is 12.0 Å². The van der Waals surface area contributed by atoms with E-state index in [4.69, 9.17) is 10.7 Å². The smallest absolute Gasteiger partial charge is 0.180 e. The van der Waals surface area contributed by atoms with Gasteiger partial charge in [0.2, 0.25) is 0 Å². The van der Waals surface area contributed by atoms with Crippen LogP contribution in [0.3, 0.4) is 0 Å². The van der Waals surface area contributed by atoms with Crippen molar-refractivity contribution in [2.24, 2.45) is 0 Å². The van der Waals surface area contributed by atoms with Crippen LogP contribution in [0.4, 0.5) is 5.82 Å². The average Bonchev–Trinajstić information content (AvgIpc) is 3.51. The molecule has 0 spiro atoms. The molecule has 6 heterocycles. The van der Waals surface area contributed by atoms with Gasteiger partial charge in [0, 0.05) is 52.7 Å². The Morgan fingerprint density at radius 1 is 1.12 bits per heavy atom. The zero-order chi connectivity index (χ0) is 23.6. The molecule has 0 radical (unpaired) electrons. The van der Waals surface area contributed by atoms with Crippen LogP contribution < -0.4 is 11.1 Å². The molecular formula is C23H25N7O2S2. The van der Waals surface area contributed by atoms with Crippen molar-refractivity contribution in [1.82, 2.24) is 29.9 Å². The minimum Gasteiger partial charge on any atom is -0.382 e. The van der Waals surface area contributed by atoms with Crippen molar-refractivity contribution < 1.29 is 8.42 Å². The molecule has 11 heteroatoms. The Hall–Kier alpha value is -2.89. The number of pyridine rings is 1. The largest absolute Gasteiger partial charge is 0.382 e. The summed E-state index contributed by atoms with van der Waals surface area (Å²) in [5.74, 6) is 0.148. The van der Waals surface area contributed by atoms with Crippen molar-refractivity contribution >= 4 is 32.6 Å². The molecule has 2 saturated heterocycles. The van der Waals surface area contributed by atoms with Gasteiger partial charge < -0.3 is 11.1 Å². The summed E-state index contributed by atoms with van der Waals surface area (Å²) in [6, 6.07) is 4.68. The predicted molar refractivity (Wildman–Crippen MR) is 132 cm³/mol. The molecule has 2 aliphatic heterocycles. The molecule has 176 valence electrons. The van der Waals surface area contributed by atoms with Gasteiger partial charge in [-0.05, 0) is 38.7 Å². The average molecular weight is 496 g/mol. The maximum Gasteiger partial charge on any atom is 0.180 e. The van der Waals surface area contributed by atoms with E-state index in [0.717, 1.165) is 52.4 Å². The van der Waals surface area contributed by atoms with Crippen molar-refractivity contribution in [3.63, 3.8) is 0 Å². The number of nitrogens with two attached hydrogens (primary N) is 1. The van der Waals surface area contributed by atoms with Gasteiger partial charge >= 0.3 is 0 Å². The fourth-order valence-corrected chi connectivity index (χ4v) is 7.11. The summed E-state index contributed by atoms with van der Waals surface area (Å²) in [5.41, 5.74) is 9.95. The summed E-state index contributed by atoms with van der Waals surface area (Å²) in [7, 11) is -3.60. The lowest BCUT2D eigenvalue weighted by Crippen LogP contribution is -2.38. The third-order valence-corrected chi connectivity index (χ3v) is 8.90. The molecule has 1 unspecified atom stereocenters. The number of rotatable bonds is 4. The van der Waals surface area contributed by atoms with Gasteiger partial charge in [0.15, 0.2) is 15.5 Å². The Morgan fingerprint density at radius 2 is 1.88 bits per heavy atom. The number of hydrogen-bond donors (Lipinski definition) is 2. The molecule has 2 fully saturated rings. The summed E-state index contributed by atoms with van der Waals surface area (Å²) in [4.78, 5) is 15.1. The number of hydrogen-bond acceptors (Lipinski definition) is 9. The van der Waals surface area contributed by atoms with Crippen molar-refractivity contribution in [3.8, 4) is 21.8 Å². The molecule has 34 heavy (non-hydrogen) atoms. The van der Waals surface area contributed by atoms with Gasteiger partial charge in [-0.3, -0.25) is 4.98 Å². The van der Waals surface area contributed by atoms with E-state index in [0.29, 0.717) is 23.4 Å². The fourth-order valence-electron chi connectivity index (χ4n) is 5.31. The molecule has 2 aliphatic rings. The molecular weight excluding hydrogens is 470 g/mol. The highest BCUT2D eigenvalue weighted by Gasteiger charge is 2.38. The highest BCUT2D eigenvalue weighted by atomic mass is 32.2. The number of fused-ring (bicyclic) bond motifs is 3. The highest BCUT2D eigenvalue weighted by molar-refractivity contribution is 7.91. The van der Waals surface area contributed by atoms with E-state index < -0.39 is 9.84 Å². The van der Waals surface area contributed by atoms with E-state index in [-0.39, 0.29) is 16.6 Å². The molecule has 3 N–H and O–H groups in total. The first kappa shape index (κ1) is 21.6. The zero-order valence-corrected chi connectivity index (χ0v) is 20.5. The van der Waals surface area contributed by atoms with Gasteiger partial charge in [0.05, 0.1) is 17.6 Å². The molecule has 0 aromatic carbocycles. The number of thiazole rings is 1. The first-order valence-electron chi connectivity index (χ1n) is 11.3. The van der Waals surface area contributed by atoms with Gasteiger partial charge in [-0.15, -0.1) is 11.3 Å². The molecule has 2 bridgehead atoms. The van der Waals surface area contributed by atoms with Crippen LogP contribution >= 0.6 is 11.3 Å². The lowest BCUT2D eigenvalue weighted by molar-refractivity contribution is 0.355. The zero-order valence-electron chi connectivity index (χ0n) is 18.9. The quantitative estimate of drug-likeness (QED) is 0.442. The normalized spacial score (nSPS) is 22.5. The first-order valence-corrected chi connectivity index (χ1v) is 14.0. The van der Waals surface area contributed by atoms with Gasteiger partial charge in [0.25, 0.3) is 0 Å². The number of anilines is 1. The van der Waals surface area contributed by atoms with Gasteiger partial charge in [-0.25, -0.2) is 18.4 Å². The van der Waals surface area contributed by atoms with E-state index in [1.54, 1.807) is 23.7 Å². The standard InChI is InChI=1S/C23H25N7O2S2/c1-12-9-26-23(33-12)18-6-3-13(10-25-18)17-11-27-30-21(24)20(34(2,31)32)19(29-22(17)30)14-7-15-4-5-16(8-14)28-15/h3,6,9-11,14-16,28H,4-5,7-8,24H2,1-2H3/t14?,15-,16+. The van der Waals surface area contributed by atoms with Crippen LogP contribution in [0.2, 0.25) is 0 Å². The maximum atomic E-state index is 12.8. The fraction of sp³-hybridized carbons (Fsp3) is 0.391. The monoisotopic (exact) mass is 495 g/mol. The van der Waals surface area contributed by atoms with Crippen LogP contribution in [-0.4, -0.2) is 51.3 Å². The number of sulfone groups is 1. The van der Waals surface area contributed by atoms with E-state index in [1.165, 1.54) is 10.8 Å². The molecule has 3 atom stereocenters. The number of nitrogens with one attached hydrogen (secondary N) is 1. The molecule has 4 aromatic rings. The van der Waals surface area contributed by atoms with Gasteiger partial charge in [-0.1, -0.05) is 6.07 Å². The van der Waals surface area contributed by atoms with Crippen molar-refractivity contribution in [1.29, 1.82) is 0 Å². The Balaban J connectivity index is 1.48. The Kier molecular flexibility index (Phi) is 4.98. The van der Waals surface area contributed by atoms with E-state index >= 15 is 0 Å². The maximum absolute atomic E-state index is 12.8. The minimum atomic E-state index is -3.60. The second-order valence-electron chi connectivity index (χ2n) is 9.29. The Morgan fingerprint density at radius 3 is 2.50 bits per heavy atom. The number of piperidine rings is 1. The van der Waals surface area contributed by atoms with E-state index in [1.807, 2.05) is 25.3 Å². The van der Waals surface area contributed by atoms with Crippen LogP contribution in [0.15, 0.2) is 35.6 Å². The predicted octanol–water partition coefficient (Wildman–Crippen LogP) is 3.21. The lowest BCUT2D eigenvalue weighted by atomic mass is 9.89. The second-order valence-corrected chi connectivity index (χ2v) is 12.5. The SMILES string of the molecule is Cc1cnc(-c2ccc(-c3cnn4c(N)c(S(C)(=O)=O)c(C5C[C@H]6CC[C@@H](C5)N6)nc34)cn2)s1. The highest BCUT2D eigenvalue weighted by Crippen LogP contribution is 2.41. The summed E-state index contributed by atoms with van der Waals surface area (Å²) in [6.45, 7) is 2.01. The summed E-state index contributed by atoms with van der Waals surface area (Å²) in [6.07, 6.45) is 10.4. The number of nitrogen functional groups attached to an aromatic ring is 1. The van der Waals surface area contributed by atoms with Crippen molar-refractivity contribution in [3.05, 3.63) is 41.3 Å². The van der Waals surface area contributed by atoms with Crippen LogP contribution in [0.5, 0.6) is 0 Å². The van der Waals surface area contributed by atoms with Crippen LogP contribution in [0, 0.1) is 6.92 Å². The third kappa shape index (κ3) is 3.58. The van der Waals surface area contributed by atoms with E-state index in [2.05, 4.69) is 20.4 Å². The van der Waals surface area contributed by atoms with Gasteiger partial charge in [-0.2, -0.15) is 9.61 Å². The van der Waals surface area contributed by atoms with Crippen LogP contribution in [0.25, 0.3) is 27.5 Å². The molecule has 9 nitrogen and oxygen atoms in total. The van der Waals surface area contributed by atoms with Crippen molar-refractivity contribution in [2.45, 2.75) is 55.5 Å².